The van der Waals surface area contributed by atoms with Crippen molar-refractivity contribution in [2.45, 2.75) is 32.2 Å². The molecular weight excluding hydrogens is 328 g/mol. The van der Waals surface area contributed by atoms with Crippen LogP contribution in [0.1, 0.15) is 35.1 Å². The molecule has 0 unspecified atom stereocenters. The Morgan fingerprint density at radius 1 is 1.15 bits per heavy atom. The minimum atomic E-state index is -0.474. The highest BCUT2D eigenvalue weighted by atomic mass is 16.3. The molecule has 0 saturated carbocycles. The summed E-state index contributed by atoms with van der Waals surface area (Å²) < 4.78 is 0. The molecule has 3 rings (SSSR count). The molecule has 0 radical (unpaired) electrons. The third-order valence-electron chi connectivity index (χ3n) is 4.53. The van der Waals surface area contributed by atoms with Crippen LogP contribution >= 0.6 is 0 Å². The van der Waals surface area contributed by atoms with Crippen molar-refractivity contribution in [3.05, 3.63) is 64.2 Å². The Labute approximate surface area is 152 Å². The molecule has 0 heterocycles. The summed E-state index contributed by atoms with van der Waals surface area (Å²) in [4.78, 5) is 12.3. The molecule has 0 spiro atoms. The highest BCUT2D eigenvalue weighted by molar-refractivity contribution is 6.01. The molecular formula is C21H20N2O3. The van der Waals surface area contributed by atoms with Gasteiger partial charge in [0.05, 0.1) is 0 Å². The van der Waals surface area contributed by atoms with E-state index in [1.807, 2.05) is 12.1 Å². The zero-order chi connectivity index (χ0) is 18.5. The first-order valence-electron chi connectivity index (χ1n) is 8.59. The number of carbonyl (C=O) groups excluding carboxylic acids is 1. The van der Waals surface area contributed by atoms with Gasteiger partial charge < -0.3 is 15.5 Å². The maximum Gasteiger partial charge on any atom is 0.262 e. The van der Waals surface area contributed by atoms with E-state index < -0.39 is 5.91 Å². The molecule has 132 valence electrons. The normalized spacial score (nSPS) is 13.6. The molecule has 1 aliphatic rings. The SMILES string of the molecule is N#CC(=Cc1cc(O)c2c(c1)CCCC2)C(=O)NCc1ccc(O)cc1. The molecule has 2 aromatic carbocycles. The first-order valence-corrected chi connectivity index (χ1v) is 8.59. The van der Waals surface area contributed by atoms with Crippen molar-refractivity contribution in [1.29, 1.82) is 5.26 Å². The van der Waals surface area contributed by atoms with Crippen LogP contribution in [0.25, 0.3) is 6.08 Å². The van der Waals surface area contributed by atoms with Crippen molar-refractivity contribution in [3.8, 4) is 17.6 Å². The van der Waals surface area contributed by atoms with E-state index in [0.29, 0.717) is 5.56 Å². The quantitative estimate of drug-likeness (QED) is 0.584. The monoisotopic (exact) mass is 348 g/mol. The number of hydrogen-bond donors (Lipinski definition) is 3. The van der Waals surface area contributed by atoms with E-state index in [9.17, 15) is 20.3 Å². The van der Waals surface area contributed by atoms with Gasteiger partial charge in [0.25, 0.3) is 5.91 Å². The van der Waals surface area contributed by atoms with Gasteiger partial charge in [-0.2, -0.15) is 5.26 Å². The van der Waals surface area contributed by atoms with Crippen LogP contribution in [0, 0.1) is 11.3 Å². The molecule has 0 bridgehead atoms. The number of nitrogens with zero attached hydrogens (tertiary/aromatic N) is 1. The highest BCUT2D eigenvalue weighted by Crippen LogP contribution is 2.31. The fraction of sp³-hybridized carbons (Fsp3) is 0.238. The lowest BCUT2D eigenvalue weighted by Crippen LogP contribution is -2.23. The number of benzene rings is 2. The lowest BCUT2D eigenvalue weighted by Gasteiger charge is -2.17. The molecule has 0 atom stereocenters. The second kappa shape index (κ2) is 7.75. The van der Waals surface area contributed by atoms with E-state index in [1.54, 1.807) is 30.3 Å². The predicted octanol–water partition coefficient (Wildman–Crippen LogP) is 3.20. The number of aryl methyl sites for hydroxylation is 1. The molecule has 3 N–H and O–H groups in total. The van der Waals surface area contributed by atoms with Crippen LogP contribution in [0.3, 0.4) is 0 Å². The second-order valence-electron chi connectivity index (χ2n) is 6.40. The van der Waals surface area contributed by atoms with E-state index in [2.05, 4.69) is 5.32 Å². The number of phenols is 2. The molecule has 0 aromatic heterocycles. The molecule has 5 heteroatoms. The molecule has 5 nitrogen and oxygen atoms in total. The Balaban J connectivity index is 1.75. The zero-order valence-corrected chi connectivity index (χ0v) is 14.3. The molecule has 2 aromatic rings. The van der Waals surface area contributed by atoms with E-state index in [-0.39, 0.29) is 23.6 Å². The Bertz CT molecular complexity index is 893. The lowest BCUT2D eigenvalue weighted by atomic mass is 9.89. The standard InChI is InChI=1S/C21H20N2O3/c22-12-17(21(26)23-13-14-5-7-18(24)8-6-14)10-15-9-16-3-1-2-4-19(16)20(25)11-15/h5-11,24-25H,1-4,13H2,(H,23,26). The summed E-state index contributed by atoms with van der Waals surface area (Å²) in [5, 5.41) is 31.5. The fourth-order valence-corrected chi connectivity index (χ4v) is 3.16. The highest BCUT2D eigenvalue weighted by Gasteiger charge is 2.15. The number of fused-ring (bicyclic) bond motifs is 1. The molecule has 26 heavy (non-hydrogen) atoms. The van der Waals surface area contributed by atoms with Gasteiger partial charge in [-0.05, 0) is 72.2 Å². The van der Waals surface area contributed by atoms with E-state index in [4.69, 9.17) is 0 Å². The summed E-state index contributed by atoms with van der Waals surface area (Å²) in [6.45, 7) is 0.258. The molecule has 0 saturated heterocycles. The minimum absolute atomic E-state index is 0.0149. The third kappa shape index (κ3) is 4.04. The van der Waals surface area contributed by atoms with E-state index in [1.165, 1.54) is 6.08 Å². The molecule has 0 aliphatic heterocycles. The summed E-state index contributed by atoms with van der Waals surface area (Å²) in [7, 11) is 0. The predicted molar refractivity (Wildman–Crippen MR) is 98.3 cm³/mol. The Kier molecular flexibility index (Phi) is 5.23. The van der Waals surface area contributed by atoms with Gasteiger partial charge in [0.2, 0.25) is 0 Å². The van der Waals surface area contributed by atoms with Crippen LogP contribution in [0.2, 0.25) is 0 Å². The number of nitrogens with one attached hydrogen (secondary N) is 1. The summed E-state index contributed by atoms with van der Waals surface area (Å²) in [6.07, 6.45) is 5.42. The summed E-state index contributed by atoms with van der Waals surface area (Å²) >= 11 is 0. The number of rotatable bonds is 4. The maximum atomic E-state index is 12.3. The number of hydrogen-bond acceptors (Lipinski definition) is 4. The lowest BCUT2D eigenvalue weighted by molar-refractivity contribution is -0.117. The van der Waals surface area contributed by atoms with Gasteiger partial charge in [-0.25, -0.2) is 0 Å². The Morgan fingerprint density at radius 2 is 1.88 bits per heavy atom. The first kappa shape index (κ1) is 17.6. The van der Waals surface area contributed by atoms with E-state index >= 15 is 0 Å². The van der Waals surface area contributed by atoms with E-state index in [0.717, 1.165) is 42.4 Å². The molecule has 1 aliphatic carbocycles. The summed E-state index contributed by atoms with van der Waals surface area (Å²) in [5.74, 6) is -0.0852. The first-order chi connectivity index (χ1) is 12.6. The van der Waals surface area contributed by atoms with Crippen molar-refractivity contribution in [3.63, 3.8) is 0 Å². The van der Waals surface area contributed by atoms with Crippen LogP contribution in [0.4, 0.5) is 0 Å². The van der Waals surface area contributed by atoms with Gasteiger partial charge in [0.1, 0.15) is 23.1 Å². The number of aromatic hydroxyl groups is 2. The van der Waals surface area contributed by atoms with Crippen molar-refractivity contribution in [2.24, 2.45) is 0 Å². The van der Waals surface area contributed by atoms with Gasteiger partial charge in [0, 0.05) is 6.54 Å². The van der Waals surface area contributed by atoms with Crippen LogP contribution in [-0.4, -0.2) is 16.1 Å². The topological polar surface area (TPSA) is 93.3 Å². The second-order valence-corrected chi connectivity index (χ2v) is 6.40. The van der Waals surface area contributed by atoms with Crippen LogP contribution < -0.4 is 5.32 Å². The summed E-state index contributed by atoms with van der Waals surface area (Å²) in [6, 6.07) is 12.0. The van der Waals surface area contributed by atoms with Crippen molar-refractivity contribution in [2.75, 3.05) is 0 Å². The Hall–Kier alpha value is -3.26. The van der Waals surface area contributed by atoms with Crippen molar-refractivity contribution in [1.82, 2.24) is 5.32 Å². The molecule has 0 fully saturated rings. The van der Waals surface area contributed by atoms with Gasteiger partial charge in [0.15, 0.2) is 0 Å². The number of carbonyl (C=O) groups is 1. The zero-order valence-electron chi connectivity index (χ0n) is 14.3. The largest absolute Gasteiger partial charge is 0.508 e. The average Bonchev–Trinajstić information content (AvgIpc) is 2.65. The van der Waals surface area contributed by atoms with Gasteiger partial charge in [-0.3, -0.25) is 4.79 Å². The van der Waals surface area contributed by atoms with Crippen molar-refractivity contribution < 1.29 is 15.0 Å². The fourth-order valence-electron chi connectivity index (χ4n) is 3.16. The number of phenolic OH excluding ortho intramolecular Hbond substituents is 2. The number of amides is 1. The van der Waals surface area contributed by atoms with Crippen molar-refractivity contribution >= 4 is 12.0 Å². The van der Waals surface area contributed by atoms with Crippen LogP contribution in [0.15, 0.2) is 42.0 Å². The minimum Gasteiger partial charge on any atom is -0.508 e. The summed E-state index contributed by atoms with van der Waals surface area (Å²) in [5.41, 5.74) is 3.52. The number of nitriles is 1. The van der Waals surface area contributed by atoms with Gasteiger partial charge >= 0.3 is 0 Å². The Morgan fingerprint density at radius 3 is 2.62 bits per heavy atom. The maximum absolute atomic E-state index is 12.3. The van der Waals surface area contributed by atoms with Gasteiger partial charge in [-0.1, -0.05) is 18.2 Å². The molecule has 1 amide bonds. The van der Waals surface area contributed by atoms with Gasteiger partial charge in [-0.15, -0.1) is 0 Å². The smallest absolute Gasteiger partial charge is 0.262 e. The third-order valence-corrected chi connectivity index (χ3v) is 4.53. The van der Waals surface area contributed by atoms with Crippen LogP contribution in [-0.2, 0) is 24.2 Å². The average molecular weight is 348 g/mol. The van der Waals surface area contributed by atoms with Crippen LogP contribution in [0.5, 0.6) is 11.5 Å².